The number of benzene rings is 2. The summed E-state index contributed by atoms with van der Waals surface area (Å²) in [6.45, 7) is 8.80. The molecule has 0 radical (unpaired) electrons. The van der Waals surface area contributed by atoms with Crippen molar-refractivity contribution in [3.05, 3.63) is 78.1 Å². The highest BCUT2D eigenvalue weighted by Gasteiger charge is 2.13. The molecule has 1 aromatic heterocycles. The molecule has 3 aromatic rings. The fraction of sp³-hybridized carbons (Fsp3) is 0.273. The van der Waals surface area contributed by atoms with Crippen LogP contribution in [0, 0.1) is 0 Å². The maximum atomic E-state index is 4.43. The lowest BCUT2D eigenvalue weighted by atomic mass is 9.86. The summed E-state index contributed by atoms with van der Waals surface area (Å²) in [5, 5.41) is 3.45. The van der Waals surface area contributed by atoms with Crippen molar-refractivity contribution in [2.75, 3.05) is 5.32 Å². The fourth-order valence-electron chi connectivity index (χ4n) is 2.78. The second-order valence-electron chi connectivity index (χ2n) is 7.39. The Balaban J connectivity index is 1.80. The zero-order valence-electron chi connectivity index (χ0n) is 15.3. The monoisotopic (exact) mass is 331 g/mol. The van der Waals surface area contributed by atoms with Gasteiger partial charge in [0.05, 0.1) is 5.69 Å². The van der Waals surface area contributed by atoms with Gasteiger partial charge in [-0.1, -0.05) is 75.4 Å². The second kappa shape index (κ2) is 7.06. The molecule has 0 amide bonds. The highest BCUT2D eigenvalue weighted by Crippen LogP contribution is 2.26. The molecule has 2 aromatic carbocycles. The van der Waals surface area contributed by atoms with Crippen molar-refractivity contribution in [2.45, 2.75) is 39.2 Å². The summed E-state index contributed by atoms with van der Waals surface area (Å²) in [7, 11) is 0. The van der Waals surface area contributed by atoms with Crippen LogP contribution in [-0.4, -0.2) is 9.97 Å². The highest BCUT2D eigenvalue weighted by atomic mass is 15.0. The molecule has 0 saturated heterocycles. The van der Waals surface area contributed by atoms with Gasteiger partial charge in [-0.05, 0) is 23.5 Å². The molecule has 0 aliphatic rings. The van der Waals surface area contributed by atoms with Crippen LogP contribution in [0.25, 0.3) is 11.3 Å². The molecule has 3 nitrogen and oxygen atoms in total. The predicted octanol–water partition coefficient (Wildman–Crippen LogP) is 5.61. The third-order valence-electron chi connectivity index (χ3n) is 4.38. The first-order valence-corrected chi connectivity index (χ1v) is 8.68. The maximum absolute atomic E-state index is 4.43. The van der Waals surface area contributed by atoms with Gasteiger partial charge in [-0.25, -0.2) is 9.97 Å². The third kappa shape index (κ3) is 4.24. The number of aromatic nitrogens is 2. The molecule has 3 heteroatoms. The van der Waals surface area contributed by atoms with E-state index in [1.807, 2.05) is 12.1 Å². The van der Waals surface area contributed by atoms with E-state index in [1.165, 1.54) is 11.1 Å². The molecule has 25 heavy (non-hydrogen) atoms. The van der Waals surface area contributed by atoms with E-state index in [1.54, 1.807) is 6.33 Å². The molecular weight excluding hydrogens is 306 g/mol. The first-order valence-electron chi connectivity index (χ1n) is 8.68. The van der Waals surface area contributed by atoms with Crippen molar-refractivity contribution in [3.63, 3.8) is 0 Å². The van der Waals surface area contributed by atoms with Gasteiger partial charge in [0.2, 0.25) is 0 Å². The number of nitrogens with zero attached hydrogens (tertiary/aromatic N) is 2. The normalized spacial score (nSPS) is 12.6. The van der Waals surface area contributed by atoms with Gasteiger partial charge < -0.3 is 5.32 Å². The lowest BCUT2D eigenvalue weighted by molar-refractivity contribution is 0.590. The molecule has 0 aliphatic carbocycles. The summed E-state index contributed by atoms with van der Waals surface area (Å²) >= 11 is 0. The van der Waals surface area contributed by atoms with Crippen molar-refractivity contribution >= 4 is 5.82 Å². The van der Waals surface area contributed by atoms with E-state index < -0.39 is 0 Å². The Morgan fingerprint density at radius 2 is 1.56 bits per heavy atom. The van der Waals surface area contributed by atoms with Crippen molar-refractivity contribution in [3.8, 4) is 11.3 Å². The molecule has 0 aliphatic heterocycles. The minimum Gasteiger partial charge on any atom is -0.363 e. The van der Waals surface area contributed by atoms with Gasteiger partial charge in [0.15, 0.2) is 0 Å². The predicted molar refractivity (Wildman–Crippen MR) is 105 cm³/mol. The summed E-state index contributed by atoms with van der Waals surface area (Å²) < 4.78 is 0. The standard InChI is InChI=1S/C22H25N3/c1-16(17-8-6-5-7-9-17)25-21-14-20(23-15-24-21)18-10-12-19(13-11-18)22(2,3)4/h5-16H,1-4H3,(H,23,24,25). The summed E-state index contributed by atoms with van der Waals surface area (Å²) in [6, 6.07) is 21.2. The Bertz CT molecular complexity index is 818. The second-order valence-corrected chi connectivity index (χ2v) is 7.39. The first kappa shape index (κ1) is 17.2. The van der Waals surface area contributed by atoms with Gasteiger partial charge in [0, 0.05) is 17.7 Å². The molecule has 0 spiro atoms. The molecule has 3 rings (SSSR count). The molecule has 0 saturated carbocycles. The maximum Gasteiger partial charge on any atom is 0.130 e. The summed E-state index contributed by atoms with van der Waals surface area (Å²) in [5.41, 5.74) is 4.74. The van der Waals surface area contributed by atoms with Gasteiger partial charge in [-0.2, -0.15) is 0 Å². The SMILES string of the molecule is CC(Nc1cc(-c2ccc(C(C)(C)C)cc2)ncn1)c1ccccc1. The van der Waals surface area contributed by atoms with Crippen LogP contribution in [0.15, 0.2) is 67.0 Å². The van der Waals surface area contributed by atoms with Crippen LogP contribution in [0.3, 0.4) is 0 Å². The summed E-state index contributed by atoms with van der Waals surface area (Å²) in [5.74, 6) is 0.834. The van der Waals surface area contributed by atoms with Crippen LogP contribution < -0.4 is 5.32 Å². The van der Waals surface area contributed by atoms with Crippen LogP contribution in [0.4, 0.5) is 5.82 Å². The average molecular weight is 331 g/mol. The van der Waals surface area contributed by atoms with Crippen molar-refractivity contribution < 1.29 is 0 Å². The first-order chi connectivity index (χ1) is 11.9. The minimum absolute atomic E-state index is 0.155. The van der Waals surface area contributed by atoms with Crippen LogP contribution in [0.2, 0.25) is 0 Å². The Morgan fingerprint density at radius 1 is 0.880 bits per heavy atom. The zero-order valence-corrected chi connectivity index (χ0v) is 15.3. The topological polar surface area (TPSA) is 37.8 Å². The zero-order chi connectivity index (χ0) is 17.9. The van der Waals surface area contributed by atoms with Crippen molar-refractivity contribution in [1.82, 2.24) is 9.97 Å². The molecule has 0 fully saturated rings. The Labute approximate surface area is 150 Å². The van der Waals surface area contributed by atoms with E-state index in [9.17, 15) is 0 Å². The number of anilines is 1. The Kier molecular flexibility index (Phi) is 4.84. The molecule has 0 bridgehead atoms. The third-order valence-corrected chi connectivity index (χ3v) is 4.38. The lowest BCUT2D eigenvalue weighted by Gasteiger charge is -2.19. The van der Waals surface area contributed by atoms with E-state index in [2.05, 4.69) is 91.5 Å². The molecule has 1 unspecified atom stereocenters. The Hall–Kier alpha value is -2.68. The van der Waals surface area contributed by atoms with E-state index >= 15 is 0 Å². The summed E-state index contributed by atoms with van der Waals surface area (Å²) in [6.07, 6.45) is 1.62. The largest absolute Gasteiger partial charge is 0.363 e. The summed E-state index contributed by atoms with van der Waals surface area (Å²) in [4.78, 5) is 8.80. The smallest absolute Gasteiger partial charge is 0.130 e. The molecule has 1 atom stereocenters. The molecule has 1 heterocycles. The van der Waals surface area contributed by atoms with E-state index in [4.69, 9.17) is 0 Å². The van der Waals surface area contributed by atoms with Crippen LogP contribution in [0.5, 0.6) is 0 Å². The van der Waals surface area contributed by atoms with Gasteiger partial charge in [-0.15, -0.1) is 0 Å². The van der Waals surface area contributed by atoms with Gasteiger partial charge in [-0.3, -0.25) is 0 Å². The highest BCUT2D eigenvalue weighted by molar-refractivity contribution is 5.62. The molecular formula is C22H25N3. The van der Waals surface area contributed by atoms with Gasteiger partial charge >= 0.3 is 0 Å². The van der Waals surface area contributed by atoms with Gasteiger partial charge in [0.1, 0.15) is 12.1 Å². The number of rotatable bonds is 4. The van der Waals surface area contributed by atoms with Crippen LogP contribution >= 0.6 is 0 Å². The van der Waals surface area contributed by atoms with Crippen LogP contribution in [-0.2, 0) is 5.41 Å². The van der Waals surface area contributed by atoms with Crippen LogP contribution in [0.1, 0.15) is 44.9 Å². The van der Waals surface area contributed by atoms with Crippen molar-refractivity contribution in [2.24, 2.45) is 0 Å². The van der Waals surface area contributed by atoms with E-state index in [0.717, 1.165) is 17.1 Å². The van der Waals surface area contributed by atoms with Gasteiger partial charge in [0.25, 0.3) is 0 Å². The fourth-order valence-corrected chi connectivity index (χ4v) is 2.78. The van der Waals surface area contributed by atoms with E-state index in [-0.39, 0.29) is 11.5 Å². The number of hydrogen-bond acceptors (Lipinski definition) is 3. The Morgan fingerprint density at radius 3 is 2.20 bits per heavy atom. The molecule has 1 N–H and O–H groups in total. The quantitative estimate of drug-likeness (QED) is 0.675. The number of nitrogens with one attached hydrogen (secondary N) is 1. The van der Waals surface area contributed by atoms with Crippen molar-refractivity contribution in [1.29, 1.82) is 0 Å². The lowest BCUT2D eigenvalue weighted by Crippen LogP contribution is -2.10. The molecule has 128 valence electrons. The average Bonchev–Trinajstić information content (AvgIpc) is 2.62. The number of hydrogen-bond donors (Lipinski definition) is 1. The van der Waals surface area contributed by atoms with E-state index in [0.29, 0.717) is 0 Å². The minimum atomic E-state index is 0.155.